The Kier molecular flexibility index (Phi) is 2.69. The largest absolute Gasteiger partial charge is 0.392 e. The van der Waals surface area contributed by atoms with Crippen molar-refractivity contribution in [3.05, 3.63) is 0 Å². The molecule has 92 valence electrons. The topological polar surface area (TPSA) is 37.3 Å². The zero-order chi connectivity index (χ0) is 12.1. The number of fused-ring (bicyclic) bond motifs is 2. The van der Waals surface area contributed by atoms with E-state index < -0.39 is 6.10 Å². The van der Waals surface area contributed by atoms with Crippen LogP contribution in [0, 0.1) is 22.7 Å². The van der Waals surface area contributed by atoms with Gasteiger partial charge in [-0.15, -0.1) is 0 Å². The molecule has 0 spiro atoms. The van der Waals surface area contributed by atoms with E-state index >= 15 is 0 Å². The van der Waals surface area contributed by atoms with E-state index in [1.807, 2.05) is 0 Å². The molecule has 2 fully saturated rings. The van der Waals surface area contributed by atoms with E-state index in [0.29, 0.717) is 11.7 Å². The Morgan fingerprint density at radius 1 is 1.44 bits per heavy atom. The molecule has 1 N–H and O–H groups in total. The lowest BCUT2D eigenvalue weighted by atomic mass is 9.70. The van der Waals surface area contributed by atoms with Crippen LogP contribution >= 0.6 is 0 Å². The van der Waals surface area contributed by atoms with Crippen LogP contribution < -0.4 is 0 Å². The van der Waals surface area contributed by atoms with Gasteiger partial charge in [0.15, 0.2) is 0 Å². The van der Waals surface area contributed by atoms with Gasteiger partial charge in [0.2, 0.25) is 0 Å². The van der Waals surface area contributed by atoms with Crippen LogP contribution in [0.2, 0.25) is 0 Å². The second kappa shape index (κ2) is 3.56. The molecule has 2 bridgehead atoms. The summed E-state index contributed by atoms with van der Waals surface area (Å²) in [6.07, 6.45) is 3.43. The Morgan fingerprint density at radius 2 is 2.06 bits per heavy atom. The highest BCUT2D eigenvalue weighted by Gasteiger charge is 2.67. The van der Waals surface area contributed by atoms with Crippen molar-refractivity contribution in [2.24, 2.45) is 22.7 Å². The SMILES string of the molecule is CCCC(O)C1C(=O)C2(C)CCC1C2(C)C. The lowest BCUT2D eigenvalue weighted by molar-refractivity contribution is -0.135. The Balaban J connectivity index is 2.29. The highest BCUT2D eigenvalue weighted by atomic mass is 16.3. The molecule has 0 amide bonds. The van der Waals surface area contributed by atoms with Gasteiger partial charge in [0.25, 0.3) is 0 Å². The molecule has 0 saturated heterocycles. The summed E-state index contributed by atoms with van der Waals surface area (Å²) in [6.45, 7) is 8.59. The summed E-state index contributed by atoms with van der Waals surface area (Å²) < 4.78 is 0. The molecule has 4 unspecified atom stereocenters. The number of hydrogen-bond donors (Lipinski definition) is 1. The minimum Gasteiger partial charge on any atom is -0.392 e. The second-order valence-electron chi connectivity index (χ2n) is 6.45. The van der Waals surface area contributed by atoms with E-state index in [2.05, 4.69) is 27.7 Å². The van der Waals surface area contributed by atoms with E-state index in [1.165, 1.54) is 0 Å². The third-order valence-electron chi connectivity index (χ3n) is 5.58. The van der Waals surface area contributed by atoms with Crippen molar-refractivity contribution in [1.82, 2.24) is 0 Å². The van der Waals surface area contributed by atoms with Gasteiger partial charge in [-0.05, 0) is 30.6 Å². The zero-order valence-corrected chi connectivity index (χ0v) is 10.9. The summed E-state index contributed by atoms with van der Waals surface area (Å²) in [5.74, 6) is 0.634. The van der Waals surface area contributed by atoms with Crippen LogP contribution in [0.5, 0.6) is 0 Å². The molecule has 0 heterocycles. The monoisotopic (exact) mass is 224 g/mol. The first kappa shape index (κ1) is 12.1. The van der Waals surface area contributed by atoms with Crippen LogP contribution in [0.3, 0.4) is 0 Å². The van der Waals surface area contributed by atoms with Crippen LogP contribution in [-0.2, 0) is 4.79 Å². The highest BCUT2D eigenvalue weighted by Crippen LogP contribution is 2.66. The molecule has 4 atom stereocenters. The molecular formula is C14H24O2. The molecule has 2 heteroatoms. The molecule has 0 aromatic rings. The standard InChI is InChI=1S/C14H24O2/c1-5-6-10(15)11-9-7-8-14(4,12(11)16)13(9,2)3/h9-11,15H,5-8H2,1-4H3. The van der Waals surface area contributed by atoms with Gasteiger partial charge in [0.1, 0.15) is 5.78 Å². The molecule has 2 rings (SSSR count). The summed E-state index contributed by atoms with van der Waals surface area (Å²) >= 11 is 0. The normalized spacial score (nSPS) is 42.7. The predicted molar refractivity (Wildman–Crippen MR) is 64.0 cm³/mol. The van der Waals surface area contributed by atoms with Crippen molar-refractivity contribution in [3.8, 4) is 0 Å². The van der Waals surface area contributed by atoms with Crippen LogP contribution in [-0.4, -0.2) is 17.0 Å². The molecule has 0 aromatic heterocycles. The van der Waals surface area contributed by atoms with E-state index in [0.717, 1.165) is 25.7 Å². The van der Waals surface area contributed by atoms with Gasteiger partial charge in [-0.2, -0.15) is 0 Å². The minimum absolute atomic E-state index is 0.0729. The number of Topliss-reactive ketones (excluding diaryl/α,β-unsaturated/α-hetero) is 1. The number of ketones is 1. The number of carbonyl (C=O) groups is 1. The quantitative estimate of drug-likeness (QED) is 0.800. The van der Waals surface area contributed by atoms with Gasteiger partial charge in [-0.1, -0.05) is 34.1 Å². The summed E-state index contributed by atoms with van der Waals surface area (Å²) in [5.41, 5.74) is -0.111. The highest BCUT2D eigenvalue weighted by molar-refractivity contribution is 5.92. The second-order valence-corrected chi connectivity index (χ2v) is 6.45. The number of carbonyl (C=O) groups excluding carboxylic acids is 1. The molecule has 0 aliphatic heterocycles. The van der Waals surface area contributed by atoms with Crippen LogP contribution in [0.15, 0.2) is 0 Å². The van der Waals surface area contributed by atoms with Crippen LogP contribution in [0.25, 0.3) is 0 Å². The predicted octanol–water partition coefficient (Wildman–Crippen LogP) is 2.79. The van der Waals surface area contributed by atoms with Crippen molar-refractivity contribution in [1.29, 1.82) is 0 Å². The summed E-state index contributed by atoms with van der Waals surface area (Å²) in [6, 6.07) is 0. The maximum absolute atomic E-state index is 12.5. The number of aliphatic hydroxyl groups excluding tert-OH is 1. The zero-order valence-electron chi connectivity index (χ0n) is 10.9. The number of hydrogen-bond acceptors (Lipinski definition) is 2. The first-order valence-electron chi connectivity index (χ1n) is 6.58. The lowest BCUT2D eigenvalue weighted by Gasteiger charge is -2.32. The fraction of sp³-hybridized carbons (Fsp3) is 0.929. The Morgan fingerprint density at radius 3 is 2.50 bits per heavy atom. The lowest BCUT2D eigenvalue weighted by Crippen LogP contribution is -2.37. The van der Waals surface area contributed by atoms with Gasteiger partial charge in [0.05, 0.1) is 6.10 Å². The minimum atomic E-state index is -0.413. The molecule has 2 aliphatic carbocycles. The third kappa shape index (κ3) is 1.25. The van der Waals surface area contributed by atoms with E-state index in [1.54, 1.807) is 0 Å². The summed E-state index contributed by atoms with van der Waals surface area (Å²) in [4.78, 5) is 12.5. The van der Waals surface area contributed by atoms with Crippen molar-refractivity contribution < 1.29 is 9.90 Å². The first-order chi connectivity index (χ1) is 7.36. The van der Waals surface area contributed by atoms with E-state index in [9.17, 15) is 9.90 Å². The van der Waals surface area contributed by atoms with Gasteiger partial charge in [-0.3, -0.25) is 4.79 Å². The maximum Gasteiger partial charge on any atom is 0.145 e. The van der Waals surface area contributed by atoms with E-state index in [-0.39, 0.29) is 16.7 Å². The Hall–Kier alpha value is -0.370. The van der Waals surface area contributed by atoms with Gasteiger partial charge in [-0.25, -0.2) is 0 Å². The fourth-order valence-electron chi connectivity index (χ4n) is 4.07. The maximum atomic E-state index is 12.5. The van der Waals surface area contributed by atoms with Gasteiger partial charge in [0, 0.05) is 11.3 Å². The molecule has 2 aliphatic rings. The average molecular weight is 224 g/mol. The Labute approximate surface area is 98.4 Å². The summed E-state index contributed by atoms with van der Waals surface area (Å²) in [7, 11) is 0. The molecule has 2 nitrogen and oxygen atoms in total. The van der Waals surface area contributed by atoms with E-state index in [4.69, 9.17) is 0 Å². The Bertz CT molecular complexity index is 308. The summed E-state index contributed by atoms with van der Waals surface area (Å²) in [5, 5.41) is 10.2. The number of aliphatic hydroxyl groups is 1. The fourth-order valence-corrected chi connectivity index (χ4v) is 4.07. The first-order valence-corrected chi connectivity index (χ1v) is 6.58. The van der Waals surface area contributed by atoms with Crippen LogP contribution in [0.1, 0.15) is 53.4 Å². The smallest absolute Gasteiger partial charge is 0.145 e. The number of rotatable bonds is 3. The van der Waals surface area contributed by atoms with Crippen molar-refractivity contribution in [2.45, 2.75) is 59.5 Å². The average Bonchev–Trinajstić information content (AvgIpc) is 2.50. The van der Waals surface area contributed by atoms with Crippen molar-refractivity contribution in [3.63, 3.8) is 0 Å². The molecule has 0 radical (unpaired) electrons. The van der Waals surface area contributed by atoms with Crippen molar-refractivity contribution >= 4 is 5.78 Å². The molecular weight excluding hydrogens is 200 g/mol. The van der Waals surface area contributed by atoms with Crippen molar-refractivity contribution in [2.75, 3.05) is 0 Å². The van der Waals surface area contributed by atoms with Crippen LogP contribution in [0.4, 0.5) is 0 Å². The van der Waals surface area contributed by atoms with Gasteiger partial charge < -0.3 is 5.11 Å². The molecule has 2 saturated carbocycles. The van der Waals surface area contributed by atoms with Gasteiger partial charge >= 0.3 is 0 Å². The molecule has 0 aromatic carbocycles. The molecule has 16 heavy (non-hydrogen) atoms. The third-order valence-corrected chi connectivity index (χ3v) is 5.58.